The number of likely N-dealkylation sites (N-methyl/N-ethyl adjacent to an activating group) is 1. The zero-order chi connectivity index (χ0) is 10.7. The molecule has 2 atom stereocenters. The zero-order valence-corrected chi connectivity index (χ0v) is 10.3. The van der Waals surface area contributed by atoms with Gasteiger partial charge >= 0.3 is 0 Å². The summed E-state index contributed by atoms with van der Waals surface area (Å²) in [5.41, 5.74) is 0. The van der Waals surface area contributed by atoms with Crippen LogP contribution in [0, 0.1) is 11.8 Å². The molecule has 2 aliphatic rings. The summed E-state index contributed by atoms with van der Waals surface area (Å²) in [5, 5.41) is 3.50. The lowest BCUT2D eigenvalue weighted by molar-refractivity contribution is 0.271. The molecule has 1 aliphatic carbocycles. The summed E-state index contributed by atoms with van der Waals surface area (Å²) in [6, 6.07) is 0.769. The van der Waals surface area contributed by atoms with Crippen LogP contribution in [0.3, 0.4) is 0 Å². The minimum Gasteiger partial charge on any atom is -0.315 e. The summed E-state index contributed by atoms with van der Waals surface area (Å²) >= 11 is 0. The molecule has 88 valence electrons. The molecule has 15 heavy (non-hydrogen) atoms. The molecule has 2 fully saturated rings. The van der Waals surface area contributed by atoms with E-state index in [0.29, 0.717) is 0 Å². The van der Waals surface area contributed by atoms with Crippen LogP contribution < -0.4 is 5.32 Å². The van der Waals surface area contributed by atoms with Gasteiger partial charge in [0.1, 0.15) is 0 Å². The summed E-state index contributed by atoms with van der Waals surface area (Å²) in [7, 11) is 2.13. The highest BCUT2D eigenvalue weighted by Crippen LogP contribution is 2.33. The van der Waals surface area contributed by atoms with Crippen LogP contribution >= 0.6 is 0 Å². The third kappa shape index (κ3) is 3.18. The number of rotatable bonds is 6. The second-order valence-electron chi connectivity index (χ2n) is 5.44. The Hall–Kier alpha value is -0.0800. The second kappa shape index (κ2) is 5.31. The largest absolute Gasteiger partial charge is 0.315 e. The van der Waals surface area contributed by atoms with Gasteiger partial charge in [0.25, 0.3) is 0 Å². The third-order valence-corrected chi connectivity index (χ3v) is 4.08. The van der Waals surface area contributed by atoms with Crippen molar-refractivity contribution in [2.75, 3.05) is 26.7 Å². The first kappa shape index (κ1) is 11.4. The minimum atomic E-state index is 0.769. The average molecular weight is 210 g/mol. The summed E-state index contributed by atoms with van der Waals surface area (Å²) < 4.78 is 0. The van der Waals surface area contributed by atoms with Gasteiger partial charge in [-0.1, -0.05) is 13.3 Å². The highest BCUT2D eigenvalue weighted by molar-refractivity contribution is 4.89. The minimum absolute atomic E-state index is 0.769. The molecule has 0 spiro atoms. The Labute approximate surface area is 94.4 Å². The Morgan fingerprint density at radius 2 is 2.13 bits per heavy atom. The quantitative estimate of drug-likeness (QED) is 0.722. The van der Waals surface area contributed by atoms with Gasteiger partial charge in [0, 0.05) is 19.1 Å². The van der Waals surface area contributed by atoms with Gasteiger partial charge in [-0.3, -0.25) is 0 Å². The number of nitrogens with zero attached hydrogens (tertiary/aromatic N) is 1. The Kier molecular flexibility index (Phi) is 4.04. The molecular weight excluding hydrogens is 184 g/mol. The van der Waals surface area contributed by atoms with E-state index < -0.39 is 0 Å². The zero-order valence-electron chi connectivity index (χ0n) is 10.3. The van der Waals surface area contributed by atoms with Gasteiger partial charge in [0.15, 0.2) is 0 Å². The van der Waals surface area contributed by atoms with E-state index in [1.54, 1.807) is 0 Å². The van der Waals surface area contributed by atoms with Gasteiger partial charge in [0.2, 0.25) is 0 Å². The molecule has 2 rings (SSSR count). The van der Waals surface area contributed by atoms with E-state index in [4.69, 9.17) is 0 Å². The smallest absolute Gasteiger partial charge is 0.0220 e. The highest BCUT2D eigenvalue weighted by atomic mass is 15.2. The van der Waals surface area contributed by atoms with Crippen molar-refractivity contribution < 1.29 is 0 Å². The van der Waals surface area contributed by atoms with E-state index in [2.05, 4.69) is 24.2 Å². The molecule has 0 amide bonds. The molecule has 1 saturated heterocycles. The van der Waals surface area contributed by atoms with E-state index in [0.717, 1.165) is 17.9 Å². The molecule has 0 radical (unpaired) electrons. The maximum atomic E-state index is 3.50. The van der Waals surface area contributed by atoms with Crippen molar-refractivity contribution in [2.45, 2.75) is 45.1 Å². The van der Waals surface area contributed by atoms with E-state index in [1.165, 1.54) is 51.7 Å². The van der Waals surface area contributed by atoms with Crippen molar-refractivity contribution in [3.63, 3.8) is 0 Å². The molecule has 1 saturated carbocycles. The molecule has 2 nitrogen and oxygen atoms in total. The predicted octanol–water partition coefficient (Wildman–Crippen LogP) is 2.11. The normalized spacial score (nSPS) is 29.6. The molecule has 1 heterocycles. The van der Waals surface area contributed by atoms with Crippen molar-refractivity contribution in [2.24, 2.45) is 11.8 Å². The van der Waals surface area contributed by atoms with Gasteiger partial charge in [0.05, 0.1) is 0 Å². The van der Waals surface area contributed by atoms with Crippen molar-refractivity contribution in [1.82, 2.24) is 10.2 Å². The number of hydrogen-bond donors (Lipinski definition) is 1. The van der Waals surface area contributed by atoms with Gasteiger partial charge in [-0.2, -0.15) is 0 Å². The highest BCUT2D eigenvalue weighted by Gasteiger charge is 2.32. The molecule has 0 aromatic heterocycles. The van der Waals surface area contributed by atoms with Gasteiger partial charge in [-0.05, 0) is 51.1 Å². The molecule has 0 bridgehead atoms. The fourth-order valence-electron chi connectivity index (χ4n) is 2.98. The van der Waals surface area contributed by atoms with Crippen LogP contribution in [-0.2, 0) is 0 Å². The van der Waals surface area contributed by atoms with Crippen LogP contribution in [0.2, 0.25) is 0 Å². The van der Waals surface area contributed by atoms with Crippen LogP contribution in [0.1, 0.15) is 39.0 Å². The first-order valence-electron chi connectivity index (χ1n) is 6.73. The lowest BCUT2D eigenvalue weighted by Gasteiger charge is -2.23. The molecule has 2 unspecified atom stereocenters. The van der Waals surface area contributed by atoms with Crippen LogP contribution in [0.5, 0.6) is 0 Å². The molecule has 0 aromatic carbocycles. The van der Waals surface area contributed by atoms with Gasteiger partial charge in [-0.25, -0.2) is 0 Å². The lowest BCUT2D eigenvalue weighted by atomic mass is 10.0. The Morgan fingerprint density at radius 3 is 2.73 bits per heavy atom. The van der Waals surface area contributed by atoms with Crippen LogP contribution in [0.25, 0.3) is 0 Å². The standard InChI is InChI=1S/C13H26N2/c1-3-4-11-7-8-15(9-11)10-13(14-2)12-5-6-12/h11-14H,3-10H2,1-2H3. The van der Waals surface area contributed by atoms with Crippen molar-refractivity contribution >= 4 is 0 Å². The lowest BCUT2D eigenvalue weighted by Crippen LogP contribution is -2.40. The molecule has 0 aromatic rings. The van der Waals surface area contributed by atoms with E-state index >= 15 is 0 Å². The molecule has 1 aliphatic heterocycles. The maximum Gasteiger partial charge on any atom is 0.0220 e. The van der Waals surface area contributed by atoms with E-state index in [1.807, 2.05) is 0 Å². The van der Waals surface area contributed by atoms with E-state index in [9.17, 15) is 0 Å². The van der Waals surface area contributed by atoms with Gasteiger partial charge in [-0.15, -0.1) is 0 Å². The Morgan fingerprint density at radius 1 is 1.33 bits per heavy atom. The average Bonchev–Trinajstić information content (AvgIpc) is 2.98. The number of hydrogen-bond acceptors (Lipinski definition) is 2. The topological polar surface area (TPSA) is 15.3 Å². The van der Waals surface area contributed by atoms with Crippen molar-refractivity contribution in [3.8, 4) is 0 Å². The van der Waals surface area contributed by atoms with Crippen molar-refractivity contribution in [1.29, 1.82) is 0 Å². The second-order valence-corrected chi connectivity index (χ2v) is 5.44. The fraction of sp³-hybridized carbons (Fsp3) is 1.00. The number of likely N-dealkylation sites (tertiary alicyclic amines) is 1. The summed E-state index contributed by atoms with van der Waals surface area (Å²) in [6.45, 7) is 6.30. The van der Waals surface area contributed by atoms with E-state index in [-0.39, 0.29) is 0 Å². The molecule has 1 N–H and O–H groups in total. The monoisotopic (exact) mass is 210 g/mol. The Balaban J connectivity index is 1.70. The summed E-state index contributed by atoms with van der Waals surface area (Å²) in [5.74, 6) is 1.98. The third-order valence-electron chi connectivity index (χ3n) is 4.08. The molecular formula is C13H26N2. The first-order chi connectivity index (χ1) is 7.33. The van der Waals surface area contributed by atoms with Crippen molar-refractivity contribution in [3.05, 3.63) is 0 Å². The first-order valence-corrected chi connectivity index (χ1v) is 6.73. The Bertz CT molecular complexity index is 189. The number of nitrogens with one attached hydrogen (secondary N) is 1. The van der Waals surface area contributed by atoms with Gasteiger partial charge < -0.3 is 10.2 Å². The predicted molar refractivity (Wildman–Crippen MR) is 65.0 cm³/mol. The molecule has 2 heteroatoms. The maximum absolute atomic E-state index is 3.50. The van der Waals surface area contributed by atoms with Crippen LogP contribution in [0.4, 0.5) is 0 Å². The summed E-state index contributed by atoms with van der Waals surface area (Å²) in [6.07, 6.45) is 7.14. The SMILES string of the molecule is CCCC1CCN(CC(NC)C2CC2)C1. The fourth-order valence-corrected chi connectivity index (χ4v) is 2.98. The van der Waals surface area contributed by atoms with Crippen LogP contribution in [-0.4, -0.2) is 37.6 Å². The summed E-state index contributed by atoms with van der Waals surface area (Å²) in [4.78, 5) is 2.68. The van der Waals surface area contributed by atoms with Crippen LogP contribution in [0.15, 0.2) is 0 Å².